The van der Waals surface area contributed by atoms with Crippen molar-refractivity contribution in [2.75, 3.05) is 25.0 Å². The van der Waals surface area contributed by atoms with Crippen molar-refractivity contribution in [1.82, 2.24) is 9.88 Å². The van der Waals surface area contributed by atoms with Gasteiger partial charge in [-0.2, -0.15) is 0 Å². The first-order chi connectivity index (χ1) is 17.0. The average molecular weight is 499 g/mol. The number of rotatable bonds is 7. The Morgan fingerprint density at radius 2 is 1.92 bits per heavy atom. The van der Waals surface area contributed by atoms with E-state index in [1.54, 1.807) is 17.9 Å². The molecule has 0 unspecified atom stereocenters. The SMILES string of the molecule is CCOC(=O)c1cc(C2=CCN(C(=O)OC(C)(C)C)CC2)c(C(=N)C(C)C)c(NC2CCCCC2)n1. The first-order valence-electron chi connectivity index (χ1n) is 13.2. The van der Waals surface area contributed by atoms with E-state index in [-0.39, 0.29) is 30.4 Å². The van der Waals surface area contributed by atoms with Gasteiger partial charge in [-0.15, -0.1) is 0 Å². The molecule has 1 aliphatic carbocycles. The van der Waals surface area contributed by atoms with Crippen molar-refractivity contribution in [2.45, 2.75) is 91.7 Å². The van der Waals surface area contributed by atoms with Crippen LogP contribution in [-0.2, 0) is 9.47 Å². The molecule has 0 spiro atoms. The summed E-state index contributed by atoms with van der Waals surface area (Å²) in [6, 6.07) is 2.02. The quantitative estimate of drug-likeness (QED) is 0.350. The molecule has 0 radical (unpaired) electrons. The van der Waals surface area contributed by atoms with E-state index in [0.717, 1.165) is 42.4 Å². The van der Waals surface area contributed by atoms with E-state index in [1.165, 1.54) is 6.42 Å². The molecule has 0 saturated heterocycles. The van der Waals surface area contributed by atoms with Crippen molar-refractivity contribution < 1.29 is 19.1 Å². The van der Waals surface area contributed by atoms with E-state index < -0.39 is 11.6 Å². The zero-order valence-corrected chi connectivity index (χ0v) is 22.7. The van der Waals surface area contributed by atoms with Gasteiger partial charge in [0.05, 0.1) is 6.61 Å². The van der Waals surface area contributed by atoms with Crippen molar-refractivity contribution in [3.63, 3.8) is 0 Å². The molecule has 1 aromatic heterocycles. The molecule has 2 aliphatic rings. The summed E-state index contributed by atoms with van der Waals surface area (Å²) in [4.78, 5) is 31.7. The van der Waals surface area contributed by atoms with Crippen LogP contribution in [0.25, 0.3) is 5.57 Å². The Morgan fingerprint density at radius 1 is 1.22 bits per heavy atom. The number of nitrogens with zero attached hydrogens (tertiary/aromatic N) is 2. The maximum absolute atomic E-state index is 12.8. The maximum Gasteiger partial charge on any atom is 0.410 e. The number of hydrogen-bond donors (Lipinski definition) is 2. The monoisotopic (exact) mass is 498 g/mol. The van der Waals surface area contributed by atoms with Crippen molar-refractivity contribution in [3.05, 3.63) is 29.0 Å². The van der Waals surface area contributed by atoms with Gasteiger partial charge in [0.15, 0.2) is 5.69 Å². The third kappa shape index (κ3) is 7.08. The number of ether oxygens (including phenoxy) is 2. The average Bonchev–Trinajstić information content (AvgIpc) is 2.83. The first-order valence-corrected chi connectivity index (χ1v) is 13.2. The Morgan fingerprint density at radius 3 is 2.47 bits per heavy atom. The molecular formula is C28H42N4O4. The molecule has 1 aromatic rings. The van der Waals surface area contributed by atoms with Crippen LogP contribution in [-0.4, -0.2) is 59.0 Å². The summed E-state index contributed by atoms with van der Waals surface area (Å²) in [5, 5.41) is 12.5. The van der Waals surface area contributed by atoms with Gasteiger partial charge in [-0.1, -0.05) is 39.2 Å². The Balaban J connectivity index is 2.03. The third-order valence-electron chi connectivity index (χ3n) is 6.50. The van der Waals surface area contributed by atoms with Gasteiger partial charge in [0.1, 0.15) is 11.4 Å². The van der Waals surface area contributed by atoms with Gasteiger partial charge in [-0.3, -0.25) is 0 Å². The van der Waals surface area contributed by atoms with Crippen LogP contribution in [0.3, 0.4) is 0 Å². The molecule has 0 atom stereocenters. The van der Waals surface area contributed by atoms with E-state index in [4.69, 9.17) is 14.9 Å². The smallest absolute Gasteiger partial charge is 0.410 e. The molecule has 1 saturated carbocycles. The lowest BCUT2D eigenvalue weighted by atomic mass is 9.88. The van der Waals surface area contributed by atoms with Gasteiger partial charge in [0, 0.05) is 30.4 Å². The van der Waals surface area contributed by atoms with Crippen LogP contribution in [0.4, 0.5) is 10.6 Å². The summed E-state index contributed by atoms with van der Waals surface area (Å²) >= 11 is 0. The van der Waals surface area contributed by atoms with Gasteiger partial charge in [0.25, 0.3) is 0 Å². The lowest BCUT2D eigenvalue weighted by Crippen LogP contribution is -2.39. The zero-order valence-electron chi connectivity index (χ0n) is 22.7. The Bertz CT molecular complexity index is 1000. The van der Waals surface area contributed by atoms with Crippen molar-refractivity contribution in [1.29, 1.82) is 5.41 Å². The summed E-state index contributed by atoms with van der Waals surface area (Å²) in [5.74, 6) is 0.0878. The number of esters is 1. The van der Waals surface area contributed by atoms with Gasteiger partial charge in [0.2, 0.25) is 0 Å². The number of pyridine rings is 1. The molecule has 1 fully saturated rings. The number of anilines is 1. The molecule has 36 heavy (non-hydrogen) atoms. The Hall–Kier alpha value is -2.90. The zero-order chi connectivity index (χ0) is 26.5. The minimum Gasteiger partial charge on any atom is -0.461 e. The second-order valence-electron chi connectivity index (χ2n) is 11.0. The predicted molar refractivity (Wildman–Crippen MR) is 143 cm³/mol. The molecule has 0 aromatic carbocycles. The van der Waals surface area contributed by atoms with E-state index >= 15 is 0 Å². The molecule has 1 aliphatic heterocycles. The summed E-state index contributed by atoms with van der Waals surface area (Å²) in [7, 11) is 0. The summed E-state index contributed by atoms with van der Waals surface area (Å²) < 4.78 is 10.8. The Labute approximate surface area is 215 Å². The normalized spacial score (nSPS) is 17.0. The minimum absolute atomic E-state index is 0.0200. The van der Waals surface area contributed by atoms with Crippen LogP contribution in [0.1, 0.15) is 102 Å². The molecule has 0 bridgehead atoms. The third-order valence-corrected chi connectivity index (χ3v) is 6.50. The molecule has 8 nitrogen and oxygen atoms in total. The number of carbonyl (C=O) groups excluding carboxylic acids is 2. The minimum atomic E-state index is -0.556. The lowest BCUT2D eigenvalue weighted by molar-refractivity contribution is 0.0270. The lowest BCUT2D eigenvalue weighted by Gasteiger charge is -2.31. The van der Waals surface area contributed by atoms with E-state index in [9.17, 15) is 9.59 Å². The number of hydrogen-bond acceptors (Lipinski definition) is 7. The van der Waals surface area contributed by atoms with Crippen LogP contribution in [0, 0.1) is 11.3 Å². The molecule has 8 heteroatoms. The highest BCUT2D eigenvalue weighted by Gasteiger charge is 2.28. The summed E-state index contributed by atoms with van der Waals surface area (Å²) in [6.07, 6.45) is 7.89. The molecule has 1 amide bonds. The second-order valence-corrected chi connectivity index (χ2v) is 11.0. The largest absolute Gasteiger partial charge is 0.461 e. The number of amides is 1. The highest BCUT2D eigenvalue weighted by atomic mass is 16.6. The second kappa shape index (κ2) is 11.9. The number of carbonyl (C=O) groups is 2. The van der Waals surface area contributed by atoms with Crippen LogP contribution >= 0.6 is 0 Å². The predicted octanol–water partition coefficient (Wildman–Crippen LogP) is 6.05. The van der Waals surface area contributed by atoms with E-state index in [2.05, 4.69) is 10.3 Å². The van der Waals surface area contributed by atoms with Crippen LogP contribution < -0.4 is 5.32 Å². The molecule has 2 N–H and O–H groups in total. The molecule has 198 valence electrons. The van der Waals surface area contributed by atoms with Gasteiger partial charge in [-0.05, 0) is 70.1 Å². The fraction of sp³-hybridized carbons (Fsp3) is 0.643. The highest BCUT2D eigenvalue weighted by molar-refractivity contribution is 6.08. The van der Waals surface area contributed by atoms with Crippen LogP contribution in [0.5, 0.6) is 0 Å². The summed E-state index contributed by atoms with van der Waals surface area (Å²) in [6.45, 7) is 12.5. The van der Waals surface area contributed by atoms with Gasteiger partial charge < -0.3 is 25.1 Å². The van der Waals surface area contributed by atoms with E-state index in [0.29, 0.717) is 31.0 Å². The highest BCUT2D eigenvalue weighted by Crippen LogP contribution is 2.34. The maximum atomic E-state index is 12.8. The van der Waals surface area contributed by atoms with Crippen molar-refractivity contribution in [2.24, 2.45) is 5.92 Å². The fourth-order valence-electron chi connectivity index (χ4n) is 4.62. The fourth-order valence-corrected chi connectivity index (χ4v) is 4.62. The topological polar surface area (TPSA) is 105 Å². The number of aromatic nitrogens is 1. The van der Waals surface area contributed by atoms with Crippen molar-refractivity contribution >= 4 is 29.2 Å². The molecule has 2 heterocycles. The van der Waals surface area contributed by atoms with Gasteiger partial charge in [-0.25, -0.2) is 14.6 Å². The first kappa shape index (κ1) is 27.7. The van der Waals surface area contributed by atoms with Crippen LogP contribution in [0.15, 0.2) is 12.1 Å². The molecule has 3 rings (SSSR count). The van der Waals surface area contributed by atoms with Crippen LogP contribution in [0.2, 0.25) is 0 Å². The van der Waals surface area contributed by atoms with Gasteiger partial charge >= 0.3 is 12.1 Å². The number of nitrogens with one attached hydrogen (secondary N) is 2. The summed E-state index contributed by atoms with van der Waals surface area (Å²) in [5.41, 5.74) is 2.70. The van der Waals surface area contributed by atoms with Crippen molar-refractivity contribution in [3.8, 4) is 0 Å². The Kier molecular flexibility index (Phi) is 9.14. The van der Waals surface area contributed by atoms with E-state index in [1.807, 2.05) is 40.7 Å². The standard InChI is InChI=1S/C28H42N4O4/c1-7-35-26(33)22-17-21(19-13-15-32(16-14-19)27(34)36-28(4,5)6)23(24(29)18(2)3)25(31-22)30-20-11-9-8-10-12-20/h13,17-18,20,29H,7-12,14-16H2,1-6H3,(H,30,31). The molecular weight excluding hydrogens is 456 g/mol.